The SMILES string of the molecule is CCSc1n[nH]c(-n2ccc3nc4ccn(CCN(C)C)c(=O)c4cc3c2=O)n1. The molecule has 0 bridgehead atoms. The van der Waals surface area contributed by atoms with E-state index in [2.05, 4.69) is 20.2 Å². The van der Waals surface area contributed by atoms with Gasteiger partial charge in [-0.3, -0.25) is 14.2 Å². The van der Waals surface area contributed by atoms with Crippen molar-refractivity contribution in [2.75, 3.05) is 26.4 Å². The van der Waals surface area contributed by atoms with Crippen molar-refractivity contribution >= 4 is 33.6 Å². The number of fused-ring (bicyclic) bond motifs is 2. The Bertz CT molecular complexity index is 1310. The first kappa shape index (κ1) is 19.3. The Morgan fingerprint density at radius 2 is 1.79 bits per heavy atom. The normalized spacial score (nSPS) is 11.7. The second-order valence-corrected chi connectivity index (χ2v) is 8.07. The summed E-state index contributed by atoms with van der Waals surface area (Å²) in [5.41, 5.74) is 0.646. The molecule has 0 aliphatic carbocycles. The molecule has 29 heavy (non-hydrogen) atoms. The molecule has 0 atom stereocenters. The number of likely N-dealkylation sites (N-methyl/N-ethyl adjacent to an activating group) is 1. The average Bonchev–Trinajstić information content (AvgIpc) is 3.15. The summed E-state index contributed by atoms with van der Waals surface area (Å²) in [4.78, 5) is 36.8. The Morgan fingerprint density at radius 3 is 2.52 bits per heavy atom. The van der Waals surface area contributed by atoms with E-state index in [-0.39, 0.29) is 11.1 Å². The molecule has 0 saturated carbocycles. The van der Waals surface area contributed by atoms with Gasteiger partial charge in [-0.25, -0.2) is 10.1 Å². The standard InChI is InChI=1S/C19H21N7O2S/c1-4-29-19-21-18(22-23-19)26-8-6-15-13(17(26)28)11-12-14(20-15)5-7-25(16(12)27)10-9-24(2)3/h5-8,11H,4,9-10H2,1-3H3,(H,21,22,23). The van der Waals surface area contributed by atoms with Crippen LogP contribution in [0.25, 0.3) is 27.8 Å². The van der Waals surface area contributed by atoms with E-state index in [0.717, 1.165) is 12.3 Å². The summed E-state index contributed by atoms with van der Waals surface area (Å²) in [5, 5.41) is 8.26. The largest absolute Gasteiger partial charge is 0.314 e. The van der Waals surface area contributed by atoms with E-state index >= 15 is 0 Å². The number of aromatic nitrogens is 6. The second-order valence-electron chi connectivity index (χ2n) is 6.84. The summed E-state index contributed by atoms with van der Waals surface area (Å²) in [7, 11) is 3.91. The molecular weight excluding hydrogens is 390 g/mol. The van der Waals surface area contributed by atoms with E-state index in [1.807, 2.05) is 32.0 Å². The van der Waals surface area contributed by atoms with Gasteiger partial charge in [-0.2, -0.15) is 4.98 Å². The van der Waals surface area contributed by atoms with Crippen LogP contribution in [0.3, 0.4) is 0 Å². The Hall–Kier alpha value is -2.98. The lowest BCUT2D eigenvalue weighted by atomic mass is 10.2. The van der Waals surface area contributed by atoms with Gasteiger partial charge >= 0.3 is 0 Å². The van der Waals surface area contributed by atoms with Crippen molar-refractivity contribution in [2.45, 2.75) is 18.6 Å². The highest BCUT2D eigenvalue weighted by molar-refractivity contribution is 7.99. The maximum Gasteiger partial charge on any atom is 0.266 e. The molecule has 0 radical (unpaired) electrons. The van der Waals surface area contributed by atoms with Gasteiger partial charge in [-0.15, -0.1) is 5.10 Å². The molecule has 9 nitrogen and oxygen atoms in total. The number of hydrogen-bond donors (Lipinski definition) is 1. The van der Waals surface area contributed by atoms with Crippen molar-refractivity contribution in [1.29, 1.82) is 0 Å². The van der Waals surface area contributed by atoms with Crippen LogP contribution >= 0.6 is 11.8 Å². The summed E-state index contributed by atoms with van der Waals surface area (Å²) < 4.78 is 3.03. The van der Waals surface area contributed by atoms with E-state index in [9.17, 15) is 9.59 Å². The Kier molecular flexibility index (Phi) is 5.20. The van der Waals surface area contributed by atoms with Gasteiger partial charge in [0.05, 0.1) is 21.8 Å². The summed E-state index contributed by atoms with van der Waals surface area (Å²) in [6.07, 6.45) is 3.36. The van der Waals surface area contributed by atoms with Gasteiger partial charge in [0.15, 0.2) is 0 Å². The lowest BCUT2D eigenvalue weighted by Crippen LogP contribution is -2.26. The van der Waals surface area contributed by atoms with Crippen molar-refractivity contribution in [3.63, 3.8) is 0 Å². The van der Waals surface area contributed by atoms with Crippen molar-refractivity contribution in [2.24, 2.45) is 0 Å². The molecule has 0 saturated heterocycles. The van der Waals surface area contributed by atoms with Crippen molar-refractivity contribution in [3.05, 3.63) is 51.3 Å². The number of thioether (sulfide) groups is 1. The predicted octanol–water partition coefficient (Wildman–Crippen LogP) is 1.49. The average molecular weight is 411 g/mol. The zero-order valence-electron chi connectivity index (χ0n) is 16.4. The zero-order valence-corrected chi connectivity index (χ0v) is 17.2. The van der Waals surface area contributed by atoms with Crippen LogP contribution in [0.4, 0.5) is 0 Å². The monoisotopic (exact) mass is 411 g/mol. The molecule has 0 unspecified atom stereocenters. The molecule has 0 spiro atoms. The van der Waals surface area contributed by atoms with Crippen LogP contribution in [0.2, 0.25) is 0 Å². The molecule has 150 valence electrons. The topological polar surface area (TPSA) is 102 Å². The predicted molar refractivity (Wildman–Crippen MR) is 114 cm³/mol. The third-order valence-corrected chi connectivity index (χ3v) is 5.29. The number of aromatic amines is 1. The number of nitrogens with zero attached hydrogens (tertiary/aromatic N) is 6. The van der Waals surface area contributed by atoms with E-state index < -0.39 is 0 Å². The molecule has 4 heterocycles. The van der Waals surface area contributed by atoms with Crippen LogP contribution in [-0.4, -0.2) is 60.6 Å². The minimum atomic E-state index is -0.302. The van der Waals surface area contributed by atoms with E-state index in [1.165, 1.54) is 16.3 Å². The third kappa shape index (κ3) is 3.68. The molecule has 0 aliphatic heterocycles. The van der Waals surface area contributed by atoms with Crippen molar-refractivity contribution in [3.8, 4) is 5.95 Å². The van der Waals surface area contributed by atoms with E-state index in [4.69, 9.17) is 0 Å². The minimum Gasteiger partial charge on any atom is -0.314 e. The van der Waals surface area contributed by atoms with Gasteiger partial charge in [-0.1, -0.05) is 18.7 Å². The first-order valence-electron chi connectivity index (χ1n) is 9.24. The van der Waals surface area contributed by atoms with Gasteiger partial charge in [0.1, 0.15) is 0 Å². The molecule has 4 aromatic heterocycles. The minimum absolute atomic E-state index is 0.158. The highest BCUT2D eigenvalue weighted by Gasteiger charge is 2.13. The van der Waals surface area contributed by atoms with Gasteiger partial charge in [0.25, 0.3) is 11.1 Å². The van der Waals surface area contributed by atoms with Crippen LogP contribution in [0.15, 0.2) is 45.3 Å². The smallest absolute Gasteiger partial charge is 0.266 e. The summed E-state index contributed by atoms with van der Waals surface area (Å²) in [6.45, 7) is 3.31. The van der Waals surface area contributed by atoms with Crippen molar-refractivity contribution < 1.29 is 0 Å². The lowest BCUT2D eigenvalue weighted by Gasteiger charge is -2.12. The van der Waals surface area contributed by atoms with Gasteiger partial charge < -0.3 is 9.47 Å². The molecule has 0 fully saturated rings. The van der Waals surface area contributed by atoms with Crippen LogP contribution in [-0.2, 0) is 6.54 Å². The molecular formula is C19H21N7O2S. The lowest BCUT2D eigenvalue weighted by molar-refractivity contribution is 0.381. The van der Waals surface area contributed by atoms with E-state index in [0.29, 0.717) is 39.5 Å². The van der Waals surface area contributed by atoms with Crippen LogP contribution in [0, 0.1) is 0 Å². The fraction of sp³-hybridized carbons (Fsp3) is 0.316. The number of hydrogen-bond acceptors (Lipinski definition) is 7. The quantitative estimate of drug-likeness (QED) is 0.379. The summed E-state index contributed by atoms with van der Waals surface area (Å²) >= 11 is 1.48. The second kappa shape index (κ2) is 7.80. The Morgan fingerprint density at radius 1 is 1.07 bits per heavy atom. The molecule has 1 N–H and O–H groups in total. The molecule has 4 rings (SSSR count). The van der Waals surface area contributed by atoms with Crippen LogP contribution < -0.4 is 11.1 Å². The highest BCUT2D eigenvalue weighted by atomic mass is 32.2. The zero-order chi connectivity index (χ0) is 20.5. The number of H-pyrrole nitrogens is 1. The van der Waals surface area contributed by atoms with Gasteiger partial charge in [-0.05, 0) is 38.0 Å². The molecule has 0 aromatic carbocycles. The van der Waals surface area contributed by atoms with Gasteiger partial charge in [0, 0.05) is 25.5 Å². The summed E-state index contributed by atoms with van der Waals surface area (Å²) in [5.74, 6) is 1.17. The molecule has 0 aliphatic rings. The highest BCUT2D eigenvalue weighted by Crippen LogP contribution is 2.16. The first-order valence-corrected chi connectivity index (χ1v) is 10.2. The van der Waals surface area contributed by atoms with Gasteiger partial charge in [0.2, 0.25) is 11.1 Å². The Labute approximate surface area is 170 Å². The van der Waals surface area contributed by atoms with Crippen LogP contribution in [0.5, 0.6) is 0 Å². The Balaban J connectivity index is 1.85. The third-order valence-electron chi connectivity index (χ3n) is 4.56. The maximum atomic E-state index is 13.1. The van der Waals surface area contributed by atoms with Crippen LogP contribution in [0.1, 0.15) is 6.92 Å². The molecule has 0 amide bonds. The van der Waals surface area contributed by atoms with Crippen molar-refractivity contribution in [1.82, 2.24) is 34.2 Å². The van der Waals surface area contributed by atoms with E-state index in [1.54, 1.807) is 29.1 Å². The first-order chi connectivity index (χ1) is 14.0. The molecule has 10 heteroatoms. The molecule has 4 aromatic rings. The summed E-state index contributed by atoms with van der Waals surface area (Å²) in [6, 6.07) is 5.17. The fourth-order valence-corrected chi connectivity index (χ4v) is 3.57. The number of rotatable bonds is 6. The number of nitrogens with one attached hydrogen (secondary N) is 1. The fourth-order valence-electron chi connectivity index (χ4n) is 3.06. The number of pyridine rings is 3. The maximum absolute atomic E-state index is 13.1.